The van der Waals surface area contributed by atoms with Gasteiger partial charge in [-0.2, -0.15) is 0 Å². The molecule has 0 aliphatic heterocycles. The monoisotopic (exact) mass is 349 g/mol. The van der Waals surface area contributed by atoms with Gasteiger partial charge in [-0.1, -0.05) is 12.1 Å². The molecule has 0 saturated carbocycles. The summed E-state index contributed by atoms with van der Waals surface area (Å²) in [5.41, 5.74) is 0.476. The second-order valence-electron chi connectivity index (χ2n) is 6.75. The number of carbonyl (C=O) groups excluding carboxylic acids is 1. The van der Waals surface area contributed by atoms with E-state index in [1.54, 1.807) is 24.1 Å². The largest absolute Gasteiger partial charge is 0.357 e. The van der Waals surface area contributed by atoms with Crippen LogP contribution in [-0.4, -0.2) is 47.4 Å². The normalized spacial score (nSPS) is 11.8. The van der Waals surface area contributed by atoms with Crippen LogP contribution in [0.25, 0.3) is 0 Å². The summed E-state index contributed by atoms with van der Waals surface area (Å²) in [6.07, 6.45) is 0. The number of benzene rings is 1. The molecule has 0 fully saturated rings. The predicted octanol–water partition coefficient (Wildman–Crippen LogP) is 1.91. The van der Waals surface area contributed by atoms with Crippen molar-refractivity contribution >= 4 is 17.6 Å². The van der Waals surface area contributed by atoms with Gasteiger partial charge in [0.05, 0.1) is 18.0 Å². The fourth-order valence-electron chi connectivity index (χ4n) is 2.15. The molecule has 1 aromatic carbocycles. The second kappa shape index (κ2) is 9.00. The predicted molar refractivity (Wildman–Crippen MR) is 98.4 cm³/mol. The third kappa shape index (κ3) is 7.65. The molecule has 0 atom stereocenters. The van der Waals surface area contributed by atoms with Gasteiger partial charge in [-0.25, -0.2) is 4.99 Å². The fraction of sp³-hybridized carbons (Fsp3) is 0.529. The molecule has 8 heteroatoms. The lowest BCUT2D eigenvalue weighted by Crippen LogP contribution is -2.48. The van der Waals surface area contributed by atoms with Crippen LogP contribution in [-0.2, 0) is 11.3 Å². The van der Waals surface area contributed by atoms with Crippen LogP contribution >= 0.6 is 0 Å². The number of likely N-dealkylation sites (N-methyl/N-ethyl adjacent to an activating group) is 1. The number of hydrogen-bond donors (Lipinski definition) is 2. The van der Waals surface area contributed by atoms with Gasteiger partial charge in [0.15, 0.2) is 5.96 Å². The van der Waals surface area contributed by atoms with Crippen LogP contribution in [0, 0.1) is 10.1 Å². The number of hydrogen-bond acceptors (Lipinski definition) is 4. The Balaban J connectivity index is 2.80. The maximum Gasteiger partial charge on any atom is 0.269 e. The number of non-ortho nitro benzene ring substituents is 1. The summed E-state index contributed by atoms with van der Waals surface area (Å²) in [4.78, 5) is 28.7. The SMILES string of the molecule is CCNC(=NCc1cccc([N+](=O)[O-])c1)N(C)CC(=O)NC(C)(C)C. The number of guanidine groups is 1. The standard InChI is InChI=1S/C17H27N5O3/c1-6-18-16(21(5)12-15(23)20-17(2,3)4)19-11-13-8-7-9-14(10-13)22(24)25/h7-10H,6,11-12H2,1-5H3,(H,18,19)(H,20,23). The highest BCUT2D eigenvalue weighted by molar-refractivity contribution is 5.86. The number of nitrogens with one attached hydrogen (secondary N) is 2. The summed E-state index contributed by atoms with van der Waals surface area (Å²) in [7, 11) is 1.77. The molecule has 0 radical (unpaired) electrons. The van der Waals surface area contributed by atoms with Gasteiger partial charge in [-0.05, 0) is 33.3 Å². The number of nitro benzene ring substituents is 1. The van der Waals surface area contributed by atoms with Gasteiger partial charge in [0.2, 0.25) is 5.91 Å². The van der Waals surface area contributed by atoms with E-state index in [9.17, 15) is 14.9 Å². The number of nitro groups is 1. The molecule has 0 heterocycles. The highest BCUT2D eigenvalue weighted by Crippen LogP contribution is 2.13. The molecule has 1 rings (SSSR count). The first kappa shape index (κ1) is 20.4. The summed E-state index contributed by atoms with van der Waals surface area (Å²) in [6.45, 7) is 8.81. The van der Waals surface area contributed by atoms with Crippen molar-refractivity contribution < 1.29 is 9.72 Å². The molecule has 1 aromatic rings. The average molecular weight is 349 g/mol. The van der Waals surface area contributed by atoms with Gasteiger partial charge in [-0.3, -0.25) is 14.9 Å². The zero-order valence-corrected chi connectivity index (χ0v) is 15.5. The van der Waals surface area contributed by atoms with Crippen LogP contribution in [0.15, 0.2) is 29.3 Å². The van der Waals surface area contributed by atoms with Crippen molar-refractivity contribution in [2.45, 2.75) is 39.8 Å². The van der Waals surface area contributed by atoms with Crippen molar-refractivity contribution in [1.82, 2.24) is 15.5 Å². The topological polar surface area (TPSA) is 99.9 Å². The van der Waals surface area contributed by atoms with Crippen LogP contribution < -0.4 is 10.6 Å². The van der Waals surface area contributed by atoms with Gasteiger partial charge in [0, 0.05) is 31.3 Å². The highest BCUT2D eigenvalue weighted by Gasteiger charge is 2.16. The molecule has 0 bridgehead atoms. The van der Waals surface area contributed by atoms with Crippen LogP contribution in [0.2, 0.25) is 0 Å². The summed E-state index contributed by atoms with van der Waals surface area (Å²) >= 11 is 0. The Hall–Kier alpha value is -2.64. The number of aliphatic imine (C=N–C) groups is 1. The van der Waals surface area contributed by atoms with Crippen LogP contribution in [0.4, 0.5) is 5.69 Å². The summed E-state index contributed by atoms with van der Waals surface area (Å²) < 4.78 is 0. The van der Waals surface area contributed by atoms with Crippen molar-refractivity contribution in [3.05, 3.63) is 39.9 Å². The number of amides is 1. The van der Waals surface area contributed by atoms with E-state index in [1.807, 2.05) is 27.7 Å². The number of carbonyl (C=O) groups is 1. The average Bonchev–Trinajstić information content (AvgIpc) is 2.49. The van der Waals surface area contributed by atoms with E-state index < -0.39 is 4.92 Å². The van der Waals surface area contributed by atoms with Crippen LogP contribution in [0.5, 0.6) is 0 Å². The third-order valence-electron chi connectivity index (χ3n) is 3.12. The zero-order chi connectivity index (χ0) is 19.0. The Labute approximate surface area is 148 Å². The van der Waals surface area contributed by atoms with E-state index >= 15 is 0 Å². The summed E-state index contributed by atoms with van der Waals surface area (Å²) in [6, 6.07) is 6.36. The molecule has 0 aromatic heterocycles. The molecule has 0 aliphatic carbocycles. The molecule has 0 aliphatic rings. The Morgan fingerprint density at radius 1 is 1.36 bits per heavy atom. The molecule has 0 spiro atoms. The molecule has 25 heavy (non-hydrogen) atoms. The first-order valence-electron chi connectivity index (χ1n) is 8.16. The Bertz CT molecular complexity index is 637. The Kier molecular flexibility index (Phi) is 7.35. The van der Waals surface area contributed by atoms with E-state index in [-0.39, 0.29) is 30.2 Å². The summed E-state index contributed by atoms with van der Waals surface area (Å²) in [5.74, 6) is 0.467. The lowest BCUT2D eigenvalue weighted by molar-refractivity contribution is -0.384. The van der Waals surface area contributed by atoms with Gasteiger partial charge in [0.1, 0.15) is 0 Å². The smallest absolute Gasteiger partial charge is 0.269 e. The minimum absolute atomic E-state index is 0.0376. The van der Waals surface area contributed by atoms with Crippen molar-refractivity contribution in [3.8, 4) is 0 Å². The lowest BCUT2D eigenvalue weighted by Gasteiger charge is -2.25. The number of nitrogens with zero attached hydrogens (tertiary/aromatic N) is 3. The third-order valence-corrected chi connectivity index (χ3v) is 3.12. The maximum absolute atomic E-state index is 12.1. The van der Waals surface area contributed by atoms with E-state index in [0.29, 0.717) is 12.5 Å². The number of rotatable bonds is 6. The molecular weight excluding hydrogens is 322 g/mol. The molecule has 2 N–H and O–H groups in total. The van der Waals surface area contributed by atoms with E-state index in [2.05, 4.69) is 15.6 Å². The minimum atomic E-state index is -0.429. The summed E-state index contributed by atoms with van der Waals surface area (Å²) in [5, 5.41) is 16.9. The van der Waals surface area contributed by atoms with E-state index in [0.717, 1.165) is 5.56 Å². The Morgan fingerprint density at radius 2 is 2.04 bits per heavy atom. The molecule has 138 valence electrons. The van der Waals surface area contributed by atoms with Crippen LogP contribution in [0.1, 0.15) is 33.3 Å². The molecular formula is C17H27N5O3. The van der Waals surface area contributed by atoms with Crippen molar-refractivity contribution in [1.29, 1.82) is 0 Å². The maximum atomic E-state index is 12.1. The zero-order valence-electron chi connectivity index (χ0n) is 15.5. The van der Waals surface area contributed by atoms with Gasteiger partial charge >= 0.3 is 0 Å². The lowest BCUT2D eigenvalue weighted by atomic mass is 10.1. The van der Waals surface area contributed by atoms with Gasteiger partial charge < -0.3 is 15.5 Å². The fourth-order valence-corrected chi connectivity index (χ4v) is 2.15. The van der Waals surface area contributed by atoms with Crippen molar-refractivity contribution in [3.63, 3.8) is 0 Å². The van der Waals surface area contributed by atoms with E-state index in [4.69, 9.17) is 0 Å². The quantitative estimate of drug-likeness (QED) is 0.354. The van der Waals surface area contributed by atoms with Crippen molar-refractivity contribution in [2.75, 3.05) is 20.1 Å². The first-order valence-corrected chi connectivity index (χ1v) is 8.16. The second-order valence-corrected chi connectivity index (χ2v) is 6.75. The molecule has 1 amide bonds. The van der Waals surface area contributed by atoms with Gasteiger partial charge in [0.25, 0.3) is 5.69 Å². The van der Waals surface area contributed by atoms with Crippen LogP contribution in [0.3, 0.4) is 0 Å². The Morgan fingerprint density at radius 3 is 2.60 bits per heavy atom. The molecule has 0 unspecified atom stereocenters. The van der Waals surface area contributed by atoms with Crippen molar-refractivity contribution in [2.24, 2.45) is 4.99 Å². The van der Waals surface area contributed by atoms with E-state index in [1.165, 1.54) is 12.1 Å². The first-order chi connectivity index (χ1) is 11.6. The molecule has 0 saturated heterocycles. The minimum Gasteiger partial charge on any atom is -0.357 e. The highest BCUT2D eigenvalue weighted by atomic mass is 16.6. The van der Waals surface area contributed by atoms with Gasteiger partial charge in [-0.15, -0.1) is 0 Å². The molecule has 8 nitrogen and oxygen atoms in total.